The van der Waals surface area contributed by atoms with Gasteiger partial charge in [-0.25, -0.2) is 9.36 Å². The number of carbonyl (C=O) groups excluding carboxylic acids is 1. The molecule has 0 aliphatic carbocycles. The summed E-state index contributed by atoms with van der Waals surface area (Å²) in [6.45, 7) is 9.75. The summed E-state index contributed by atoms with van der Waals surface area (Å²) >= 11 is 0. The minimum Gasteiger partial charge on any atom is -0.480 e. The minimum absolute atomic E-state index is 0.0467. The molecule has 13 heteroatoms. The lowest BCUT2D eigenvalue weighted by Crippen LogP contribution is -2.36. The standard InChI is InChI=1S/C14H22NO5P.C12H16NO4P/c1-4-19-21(18,20-5-2)10-15-13(14(16)17)12-8-6-11(3)7-9-12;1-3-16-18(15)8-13-11(12(14)17-18)10-6-4-9(2)5-7-10/h6-9,13,15H,4-5,10H2,1-3H3,(H,16,17);4-7,11,13H,3,8H2,1-2H3. The second-order valence-electron chi connectivity index (χ2n) is 8.64. The van der Waals surface area contributed by atoms with Crippen molar-refractivity contribution in [1.29, 1.82) is 0 Å². The van der Waals surface area contributed by atoms with E-state index in [9.17, 15) is 23.8 Å². The zero-order chi connectivity index (χ0) is 29.1. The summed E-state index contributed by atoms with van der Waals surface area (Å²) in [5.74, 6) is -1.60. The lowest BCUT2D eigenvalue weighted by Gasteiger charge is -2.28. The number of carbonyl (C=O) groups is 2. The largest absolute Gasteiger partial charge is 0.480 e. The molecule has 3 atom stereocenters. The molecule has 11 nitrogen and oxygen atoms in total. The van der Waals surface area contributed by atoms with Crippen LogP contribution in [0.4, 0.5) is 0 Å². The Bertz CT molecular complexity index is 1160. The Kier molecular flexibility index (Phi) is 13.0. The van der Waals surface area contributed by atoms with E-state index in [1.807, 2.05) is 50.2 Å². The zero-order valence-corrected chi connectivity index (χ0v) is 24.7. The maximum Gasteiger partial charge on any atom is 0.395 e. The van der Waals surface area contributed by atoms with E-state index in [1.54, 1.807) is 32.9 Å². The molecule has 0 amide bonds. The van der Waals surface area contributed by atoms with Crippen molar-refractivity contribution in [3.8, 4) is 0 Å². The van der Waals surface area contributed by atoms with Crippen LogP contribution in [0, 0.1) is 13.8 Å². The van der Waals surface area contributed by atoms with Gasteiger partial charge in [0.1, 0.15) is 18.4 Å². The Labute approximate surface area is 229 Å². The van der Waals surface area contributed by atoms with Crippen molar-refractivity contribution in [3.05, 3.63) is 70.8 Å². The van der Waals surface area contributed by atoms with Crippen molar-refractivity contribution in [2.75, 3.05) is 32.4 Å². The van der Waals surface area contributed by atoms with Gasteiger partial charge in [0, 0.05) is 0 Å². The molecule has 3 unspecified atom stereocenters. The third kappa shape index (κ3) is 10.3. The van der Waals surface area contributed by atoms with Crippen molar-refractivity contribution < 1.29 is 41.9 Å². The first-order valence-electron chi connectivity index (χ1n) is 12.6. The number of carboxylic acid groups (broad SMARTS) is 1. The predicted octanol–water partition coefficient (Wildman–Crippen LogP) is 5.30. The van der Waals surface area contributed by atoms with Gasteiger partial charge in [0.25, 0.3) is 0 Å². The monoisotopic (exact) mass is 584 g/mol. The van der Waals surface area contributed by atoms with E-state index in [0.29, 0.717) is 5.56 Å². The van der Waals surface area contributed by atoms with Crippen molar-refractivity contribution in [3.63, 3.8) is 0 Å². The Balaban J connectivity index is 0.000000276. The van der Waals surface area contributed by atoms with Crippen LogP contribution in [0.5, 0.6) is 0 Å². The maximum absolute atomic E-state index is 12.3. The van der Waals surface area contributed by atoms with Gasteiger partial charge in [0.05, 0.1) is 26.1 Å². The fourth-order valence-corrected chi connectivity index (χ4v) is 6.46. The molecule has 1 fully saturated rings. The molecule has 3 rings (SSSR count). The predicted molar refractivity (Wildman–Crippen MR) is 148 cm³/mol. The van der Waals surface area contributed by atoms with Gasteiger partial charge >= 0.3 is 27.1 Å². The van der Waals surface area contributed by atoms with Crippen LogP contribution < -0.4 is 10.6 Å². The highest BCUT2D eigenvalue weighted by Gasteiger charge is 2.39. The molecular formula is C26H38N2O9P2. The molecular weight excluding hydrogens is 546 g/mol. The lowest BCUT2D eigenvalue weighted by atomic mass is 10.1. The van der Waals surface area contributed by atoms with Crippen LogP contribution in [-0.4, -0.2) is 49.4 Å². The molecule has 0 bridgehead atoms. The Hall–Kier alpha value is -2.36. The molecule has 0 aromatic heterocycles. The summed E-state index contributed by atoms with van der Waals surface area (Å²) in [5, 5.41) is 15.0. The van der Waals surface area contributed by atoms with Crippen molar-refractivity contribution in [2.45, 2.75) is 46.7 Å². The van der Waals surface area contributed by atoms with Crippen LogP contribution in [-0.2, 0) is 36.8 Å². The molecule has 2 aromatic rings. The summed E-state index contributed by atoms with van der Waals surface area (Å²) in [6, 6.07) is 13.1. The maximum atomic E-state index is 12.3. The van der Waals surface area contributed by atoms with Crippen LogP contribution in [0.2, 0.25) is 0 Å². The van der Waals surface area contributed by atoms with Gasteiger partial charge < -0.3 is 18.7 Å². The van der Waals surface area contributed by atoms with Gasteiger partial charge in [-0.15, -0.1) is 0 Å². The normalized spacial score (nSPS) is 19.9. The van der Waals surface area contributed by atoms with Crippen molar-refractivity contribution >= 4 is 27.1 Å². The number of aryl methyl sites for hydroxylation is 2. The first-order valence-corrected chi connectivity index (χ1v) is 16.1. The fraction of sp³-hybridized carbons (Fsp3) is 0.462. The SMILES string of the molecule is CCOP(=O)(CNC(C(=O)O)c1ccc(C)cc1)OCC.CCOP1(=O)CNC(c2ccc(C)cc2)C(=O)O1. The summed E-state index contributed by atoms with van der Waals surface area (Å²) in [4.78, 5) is 23.2. The summed E-state index contributed by atoms with van der Waals surface area (Å²) in [7, 11) is -6.61. The third-order valence-corrected chi connectivity index (χ3v) is 9.04. The Morgan fingerprint density at radius 1 is 1.05 bits per heavy atom. The van der Waals surface area contributed by atoms with E-state index in [2.05, 4.69) is 10.6 Å². The lowest BCUT2D eigenvalue weighted by molar-refractivity contribution is -0.140. The van der Waals surface area contributed by atoms with Crippen LogP contribution in [0.15, 0.2) is 48.5 Å². The van der Waals surface area contributed by atoms with Gasteiger partial charge in [-0.3, -0.25) is 24.5 Å². The number of nitrogens with one attached hydrogen (secondary N) is 2. The van der Waals surface area contributed by atoms with Gasteiger partial charge in [-0.05, 0) is 45.7 Å². The average molecular weight is 585 g/mol. The van der Waals surface area contributed by atoms with Crippen molar-refractivity contribution in [1.82, 2.24) is 10.6 Å². The summed E-state index contributed by atoms with van der Waals surface area (Å²) in [5.41, 5.74) is 3.54. The highest BCUT2D eigenvalue weighted by atomic mass is 31.2. The first kappa shape index (κ1) is 32.8. The second kappa shape index (κ2) is 15.4. The van der Waals surface area contributed by atoms with Crippen LogP contribution in [0.1, 0.15) is 55.1 Å². The molecule has 3 N–H and O–H groups in total. The summed E-state index contributed by atoms with van der Waals surface area (Å²) in [6.07, 6.45) is -0.107. The minimum atomic E-state index is -3.32. The zero-order valence-electron chi connectivity index (χ0n) is 22.9. The van der Waals surface area contributed by atoms with E-state index >= 15 is 0 Å². The second-order valence-corrected chi connectivity index (χ2v) is 12.7. The smallest absolute Gasteiger partial charge is 0.395 e. The van der Waals surface area contributed by atoms with Crippen LogP contribution >= 0.6 is 15.2 Å². The molecule has 1 saturated heterocycles. The molecule has 0 saturated carbocycles. The molecule has 2 aromatic carbocycles. The van der Waals surface area contributed by atoms with Gasteiger partial charge in [0.2, 0.25) is 0 Å². The molecule has 0 spiro atoms. The number of carboxylic acids is 1. The fourth-order valence-electron chi connectivity index (χ4n) is 3.62. The topological polar surface area (TPSA) is 149 Å². The highest BCUT2D eigenvalue weighted by molar-refractivity contribution is 7.54. The van der Waals surface area contributed by atoms with Gasteiger partial charge in [-0.1, -0.05) is 59.7 Å². The highest BCUT2D eigenvalue weighted by Crippen LogP contribution is 2.51. The third-order valence-electron chi connectivity index (χ3n) is 5.49. The molecule has 1 aliphatic rings. The van der Waals surface area contributed by atoms with Gasteiger partial charge in [0.15, 0.2) is 0 Å². The van der Waals surface area contributed by atoms with Crippen LogP contribution in [0.25, 0.3) is 0 Å². The number of hydrogen-bond donors (Lipinski definition) is 3. The molecule has 1 aliphatic heterocycles. The molecule has 39 heavy (non-hydrogen) atoms. The quantitative estimate of drug-likeness (QED) is 0.279. The average Bonchev–Trinajstić information content (AvgIpc) is 2.87. The van der Waals surface area contributed by atoms with E-state index in [0.717, 1.165) is 16.7 Å². The van der Waals surface area contributed by atoms with Gasteiger partial charge in [-0.2, -0.15) is 0 Å². The summed E-state index contributed by atoms with van der Waals surface area (Å²) < 4.78 is 44.5. The number of rotatable bonds is 12. The molecule has 1 heterocycles. The number of aliphatic carboxylic acids is 1. The Morgan fingerprint density at radius 3 is 2.05 bits per heavy atom. The molecule has 216 valence electrons. The van der Waals surface area contributed by atoms with E-state index in [1.165, 1.54) is 0 Å². The Morgan fingerprint density at radius 2 is 1.59 bits per heavy atom. The van der Waals surface area contributed by atoms with E-state index < -0.39 is 39.2 Å². The van der Waals surface area contributed by atoms with Crippen LogP contribution in [0.3, 0.4) is 0 Å². The first-order chi connectivity index (χ1) is 18.5. The van der Waals surface area contributed by atoms with E-state index in [4.69, 9.17) is 18.1 Å². The molecule has 0 radical (unpaired) electrons. The van der Waals surface area contributed by atoms with Crippen molar-refractivity contribution in [2.24, 2.45) is 0 Å². The van der Waals surface area contributed by atoms with E-state index in [-0.39, 0.29) is 32.4 Å². The number of hydrogen-bond acceptors (Lipinski definition) is 10. The number of benzene rings is 2.